The predicted octanol–water partition coefficient (Wildman–Crippen LogP) is 1.36. The standard InChI is InChI=1S/C14H12N4O3/c19-13-5-1-10(2-6-13)7-16-18-14(20)11-3-4-12(9-17-21)15-8-11/h1-9,19,21H,(H,18,20)/b16-7+,17-9+. The number of hydrogen-bond acceptors (Lipinski definition) is 6. The SMILES string of the molecule is O=C(N/N=C/c1ccc(O)cc1)c1ccc(/C=N/O)nc1. The van der Waals surface area contributed by atoms with E-state index in [1.807, 2.05) is 0 Å². The Morgan fingerprint density at radius 2 is 1.90 bits per heavy atom. The number of hydrogen-bond donors (Lipinski definition) is 3. The van der Waals surface area contributed by atoms with Crippen LogP contribution in [-0.4, -0.2) is 33.6 Å². The summed E-state index contributed by atoms with van der Waals surface area (Å²) in [4.78, 5) is 15.7. The summed E-state index contributed by atoms with van der Waals surface area (Å²) in [5.74, 6) is -0.251. The minimum absolute atomic E-state index is 0.161. The lowest BCUT2D eigenvalue weighted by Gasteiger charge is -1.99. The molecule has 106 valence electrons. The van der Waals surface area contributed by atoms with Crippen LogP contribution in [0, 0.1) is 0 Å². The maximum Gasteiger partial charge on any atom is 0.272 e. The summed E-state index contributed by atoms with van der Waals surface area (Å²) in [5.41, 5.74) is 3.85. The van der Waals surface area contributed by atoms with Crippen molar-refractivity contribution in [3.63, 3.8) is 0 Å². The normalized spacial score (nSPS) is 11.0. The van der Waals surface area contributed by atoms with E-state index >= 15 is 0 Å². The van der Waals surface area contributed by atoms with Crippen LogP contribution < -0.4 is 5.43 Å². The number of benzene rings is 1. The van der Waals surface area contributed by atoms with Gasteiger partial charge in [-0.15, -0.1) is 0 Å². The summed E-state index contributed by atoms with van der Waals surface area (Å²) in [7, 11) is 0. The van der Waals surface area contributed by atoms with E-state index in [9.17, 15) is 4.79 Å². The number of pyridine rings is 1. The summed E-state index contributed by atoms with van der Waals surface area (Å²) in [6.07, 6.45) is 3.96. The van der Waals surface area contributed by atoms with Crippen molar-refractivity contribution in [2.24, 2.45) is 10.3 Å². The maximum absolute atomic E-state index is 11.8. The highest BCUT2D eigenvalue weighted by Gasteiger charge is 2.04. The number of nitrogens with one attached hydrogen (secondary N) is 1. The number of rotatable bonds is 4. The third-order valence-corrected chi connectivity index (χ3v) is 2.51. The van der Waals surface area contributed by atoms with Crippen LogP contribution in [0.3, 0.4) is 0 Å². The molecule has 0 aliphatic rings. The van der Waals surface area contributed by atoms with Gasteiger partial charge < -0.3 is 10.3 Å². The number of carbonyl (C=O) groups excluding carboxylic acids is 1. The van der Waals surface area contributed by atoms with E-state index in [0.717, 1.165) is 11.8 Å². The highest BCUT2D eigenvalue weighted by Crippen LogP contribution is 2.07. The molecule has 2 rings (SSSR count). The lowest BCUT2D eigenvalue weighted by Crippen LogP contribution is -2.17. The highest BCUT2D eigenvalue weighted by molar-refractivity contribution is 5.95. The van der Waals surface area contributed by atoms with Crippen LogP contribution in [0.4, 0.5) is 0 Å². The van der Waals surface area contributed by atoms with Crippen molar-refractivity contribution in [1.82, 2.24) is 10.4 Å². The van der Waals surface area contributed by atoms with Gasteiger partial charge in [0.15, 0.2) is 0 Å². The van der Waals surface area contributed by atoms with Crippen LogP contribution in [0.25, 0.3) is 0 Å². The predicted molar refractivity (Wildman–Crippen MR) is 76.8 cm³/mol. The fourth-order valence-electron chi connectivity index (χ4n) is 1.47. The molecule has 0 unspecified atom stereocenters. The first kappa shape index (κ1) is 14.2. The van der Waals surface area contributed by atoms with Crippen molar-refractivity contribution in [1.29, 1.82) is 0 Å². The third kappa shape index (κ3) is 4.13. The molecule has 21 heavy (non-hydrogen) atoms. The molecule has 7 nitrogen and oxygen atoms in total. The van der Waals surface area contributed by atoms with Gasteiger partial charge >= 0.3 is 0 Å². The van der Waals surface area contributed by atoms with Gasteiger partial charge in [0.05, 0.1) is 23.7 Å². The molecule has 0 spiro atoms. The molecule has 1 aromatic carbocycles. The summed E-state index contributed by atoms with van der Waals surface area (Å²) in [6, 6.07) is 9.45. The van der Waals surface area contributed by atoms with E-state index in [4.69, 9.17) is 10.3 Å². The molecule has 0 fully saturated rings. The number of carbonyl (C=O) groups is 1. The number of amides is 1. The molecule has 0 radical (unpaired) electrons. The van der Waals surface area contributed by atoms with Gasteiger partial charge in [-0.1, -0.05) is 5.16 Å². The Balaban J connectivity index is 1.96. The molecule has 3 N–H and O–H groups in total. The molecule has 1 amide bonds. The van der Waals surface area contributed by atoms with Gasteiger partial charge in [-0.2, -0.15) is 5.10 Å². The lowest BCUT2D eigenvalue weighted by molar-refractivity contribution is 0.0955. The van der Waals surface area contributed by atoms with E-state index in [-0.39, 0.29) is 5.75 Å². The smallest absolute Gasteiger partial charge is 0.272 e. The molecule has 0 bridgehead atoms. The Hall–Kier alpha value is -3.22. The first-order chi connectivity index (χ1) is 10.2. The van der Waals surface area contributed by atoms with Crippen molar-refractivity contribution < 1.29 is 15.1 Å². The van der Waals surface area contributed by atoms with Gasteiger partial charge in [0, 0.05) is 6.20 Å². The molecular formula is C14H12N4O3. The Labute approximate surface area is 120 Å². The molecule has 1 heterocycles. The van der Waals surface area contributed by atoms with Crippen molar-refractivity contribution in [2.75, 3.05) is 0 Å². The summed E-state index contributed by atoms with van der Waals surface area (Å²) >= 11 is 0. The van der Waals surface area contributed by atoms with Crippen LogP contribution >= 0.6 is 0 Å². The first-order valence-corrected chi connectivity index (χ1v) is 5.95. The zero-order valence-electron chi connectivity index (χ0n) is 10.8. The Bertz CT molecular complexity index is 664. The van der Waals surface area contributed by atoms with E-state index in [1.54, 1.807) is 18.2 Å². The topological polar surface area (TPSA) is 107 Å². The number of oxime groups is 1. The number of aromatic nitrogens is 1. The third-order valence-electron chi connectivity index (χ3n) is 2.51. The van der Waals surface area contributed by atoms with Crippen LogP contribution in [0.1, 0.15) is 21.6 Å². The second-order valence-corrected chi connectivity index (χ2v) is 4.01. The molecule has 0 saturated carbocycles. The molecule has 0 aliphatic carbocycles. The number of phenolic OH excluding ortho intramolecular Hbond substituents is 1. The van der Waals surface area contributed by atoms with Gasteiger partial charge in [0.25, 0.3) is 5.91 Å². The second kappa shape index (κ2) is 6.80. The highest BCUT2D eigenvalue weighted by atomic mass is 16.4. The molecule has 0 saturated heterocycles. The van der Waals surface area contributed by atoms with Crippen LogP contribution in [0.5, 0.6) is 5.75 Å². The summed E-state index contributed by atoms with van der Waals surface area (Å²) < 4.78 is 0. The molecule has 2 aromatic rings. The fourth-order valence-corrected chi connectivity index (χ4v) is 1.47. The largest absolute Gasteiger partial charge is 0.508 e. The summed E-state index contributed by atoms with van der Waals surface area (Å²) in [5, 5.41) is 24.1. The molecule has 0 aliphatic heterocycles. The minimum Gasteiger partial charge on any atom is -0.508 e. The first-order valence-electron chi connectivity index (χ1n) is 5.95. The zero-order chi connectivity index (χ0) is 15.1. The van der Waals surface area contributed by atoms with E-state index in [2.05, 4.69) is 20.7 Å². The quantitative estimate of drug-likeness (QED) is 0.447. The van der Waals surface area contributed by atoms with E-state index < -0.39 is 5.91 Å². The number of aromatic hydroxyl groups is 1. The van der Waals surface area contributed by atoms with Crippen LogP contribution in [0.15, 0.2) is 52.9 Å². The average molecular weight is 284 g/mol. The minimum atomic E-state index is -0.412. The average Bonchev–Trinajstić information content (AvgIpc) is 2.50. The van der Waals surface area contributed by atoms with Crippen LogP contribution in [0.2, 0.25) is 0 Å². The lowest BCUT2D eigenvalue weighted by atomic mass is 10.2. The van der Waals surface area contributed by atoms with Crippen LogP contribution in [-0.2, 0) is 0 Å². The number of nitrogens with zero attached hydrogens (tertiary/aromatic N) is 3. The van der Waals surface area contributed by atoms with Crippen molar-refractivity contribution in [3.05, 3.63) is 59.4 Å². The zero-order valence-corrected chi connectivity index (χ0v) is 10.8. The van der Waals surface area contributed by atoms with Gasteiger partial charge in [-0.25, -0.2) is 5.43 Å². The number of phenols is 1. The Morgan fingerprint density at radius 3 is 2.52 bits per heavy atom. The Kier molecular flexibility index (Phi) is 4.60. The molecule has 1 aromatic heterocycles. The van der Waals surface area contributed by atoms with Crippen molar-refractivity contribution >= 4 is 18.3 Å². The molecule has 0 atom stereocenters. The molecular weight excluding hydrogens is 272 g/mol. The van der Waals surface area contributed by atoms with Crippen molar-refractivity contribution in [2.45, 2.75) is 0 Å². The second-order valence-electron chi connectivity index (χ2n) is 4.01. The Morgan fingerprint density at radius 1 is 1.14 bits per heavy atom. The summed E-state index contributed by atoms with van der Waals surface area (Å²) in [6.45, 7) is 0. The van der Waals surface area contributed by atoms with Gasteiger partial charge in [-0.05, 0) is 42.0 Å². The van der Waals surface area contributed by atoms with E-state index in [1.165, 1.54) is 30.6 Å². The van der Waals surface area contributed by atoms with Gasteiger partial charge in [-0.3, -0.25) is 9.78 Å². The van der Waals surface area contributed by atoms with Gasteiger partial charge in [0.2, 0.25) is 0 Å². The van der Waals surface area contributed by atoms with Gasteiger partial charge in [0.1, 0.15) is 5.75 Å². The van der Waals surface area contributed by atoms with E-state index in [0.29, 0.717) is 11.3 Å². The number of hydrazone groups is 1. The monoisotopic (exact) mass is 284 g/mol. The molecule has 7 heteroatoms. The van der Waals surface area contributed by atoms with Crippen molar-refractivity contribution in [3.8, 4) is 5.75 Å². The maximum atomic E-state index is 11.8. The fraction of sp³-hybridized carbons (Fsp3) is 0.